The molecule has 0 spiro atoms. The lowest BCUT2D eigenvalue weighted by Crippen LogP contribution is -2.40. The zero-order chi connectivity index (χ0) is 13.0. The van der Waals surface area contributed by atoms with Crippen molar-refractivity contribution in [3.8, 4) is 0 Å². The Morgan fingerprint density at radius 1 is 0.947 bits per heavy atom. The van der Waals surface area contributed by atoms with Gasteiger partial charge in [-0.05, 0) is 86.5 Å². The van der Waals surface area contributed by atoms with Gasteiger partial charge in [0.15, 0.2) is 5.78 Å². The summed E-state index contributed by atoms with van der Waals surface area (Å²) in [6.45, 7) is 2.46. The number of allylic oxidation sites excluding steroid dienone is 1. The number of ketones is 1. The van der Waals surface area contributed by atoms with Crippen molar-refractivity contribution in [3.63, 3.8) is 0 Å². The molecule has 0 aromatic heterocycles. The molecule has 0 bridgehead atoms. The van der Waals surface area contributed by atoms with Gasteiger partial charge in [0.25, 0.3) is 0 Å². The quantitative estimate of drug-likeness (QED) is 0.630. The maximum Gasteiger partial charge on any atom is 0.155 e. The standard InChI is InChI=1S/C18H26O/c1-11-8-12-2-5-16-15-7-4-14(19)10-13(15)3-6-17(16)18(12)9-11/h10-12,15-18H,2-9H2,1H3/t11?,12-,15+,16-,17-,18-/m1/s1. The molecule has 0 amide bonds. The average molecular weight is 258 g/mol. The van der Waals surface area contributed by atoms with Crippen LogP contribution in [0.5, 0.6) is 0 Å². The highest BCUT2D eigenvalue weighted by atomic mass is 16.1. The molecule has 0 saturated heterocycles. The molecule has 0 radical (unpaired) electrons. The molecule has 1 heteroatoms. The molecule has 19 heavy (non-hydrogen) atoms. The van der Waals surface area contributed by atoms with Crippen molar-refractivity contribution in [2.75, 3.05) is 0 Å². The van der Waals surface area contributed by atoms with E-state index in [-0.39, 0.29) is 0 Å². The number of fused-ring (bicyclic) bond motifs is 5. The highest BCUT2D eigenvalue weighted by molar-refractivity contribution is 5.91. The van der Waals surface area contributed by atoms with Crippen molar-refractivity contribution in [1.82, 2.24) is 0 Å². The van der Waals surface area contributed by atoms with E-state index >= 15 is 0 Å². The Kier molecular flexibility index (Phi) is 2.86. The van der Waals surface area contributed by atoms with Crippen LogP contribution in [0.2, 0.25) is 0 Å². The van der Waals surface area contributed by atoms with E-state index in [2.05, 4.69) is 6.92 Å². The summed E-state index contributed by atoms with van der Waals surface area (Å²) >= 11 is 0. The maximum absolute atomic E-state index is 11.6. The Hall–Kier alpha value is -0.590. The lowest BCUT2D eigenvalue weighted by Gasteiger charge is -2.49. The third-order valence-electron chi connectivity index (χ3n) is 6.76. The Bertz CT molecular complexity index is 421. The van der Waals surface area contributed by atoms with Crippen LogP contribution in [0.4, 0.5) is 0 Å². The molecule has 0 aromatic carbocycles. The van der Waals surface area contributed by atoms with Crippen LogP contribution in [-0.4, -0.2) is 5.78 Å². The van der Waals surface area contributed by atoms with Gasteiger partial charge in [-0.1, -0.05) is 12.5 Å². The van der Waals surface area contributed by atoms with Crippen molar-refractivity contribution in [1.29, 1.82) is 0 Å². The van der Waals surface area contributed by atoms with E-state index in [1.807, 2.05) is 6.08 Å². The topological polar surface area (TPSA) is 17.1 Å². The van der Waals surface area contributed by atoms with Crippen LogP contribution in [0.15, 0.2) is 11.6 Å². The summed E-state index contributed by atoms with van der Waals surface area (Å²) in [7, 11) is 0. The molecular weight excluding hydrogens is 232 g/mol. The zero-order valence-corrected chi connectivity index (χ0v) is 12.1. The second-order valence-corrected chi connectivity index (χ2v) is 7.77. The van der Waals surface area contributed by atoms with Crippen molar-refractivity contribution < 1.29 is 4.79 Å². The Balaban J connectivity index is 1.59. The molecular formula is C18H26O. The first-order valence-electron chi connectivity index (χ1n) is 8.45. The number of carbonyl (C=O) groups is 1. The molecule has 3 saturated carbocycles. The van der Waals surface area contributed by atoms with Gasteiger partial charge in [0, 0.05) is 6.42 Å². The lowest BCUT2D eigenvalue weighted by molar-refractivity contribution is -0.115. The van der Waals surface area contributed by atoms with Crippen molar-refractivity contribution in [2.45, 2.75) is 58.3 Å². The van der Waals surface area contributed by atoms with E-state index in [1.165, 1.54) is 50.5 Å². The van der Waals surface area contributed by atoms with Gasteiger partial charge in [-0.2, -0.15) is 0 Å². The highest BCUT2D eigenvalue weighted by Gasteiger charge is 2.48. The number of hydrogen-bond donors (Lipinski definition) is 0. The zero-order valence-electron chi connectivity index (χ0n) is 12.1. The van der Waals surface area contributed by atoms with Gasteiger partial charge in [-0.3, -0.25) is 4.79 Å². The van der Waals surface area contributed by atoms with Gasteiger partial charge < -0.3 is 0 Å². The molecule has 0 aliphatic heterocycles. The van der Waals surface area contributed by atoms with Gasteiger partial charge >= 0.3 is 0 Å². The third-order valence-corrected chi connectivity index (χ3v) is 6.76. The summed E-state index contributed by atoms with van der Waals surface area (Å²) in [5.74, 6) is 6.17. The first-order chi connectivity index (χ1) is 9.22. The number of carbonyl (C=O) groups excluding carboxylic acids is 1. The highest BCUT2D eigenvalue weighted by Crippen LogP contribution is 2.57. The summed E-state index contributed by atoms with van der Waals surface area (Å²) < 4.78 is 0. The first kappa shape index (κ1) is 12.2. The van der Waals surface area contributed by atoms with E-state index in [4.69, 9.17) is 0 Å². The Labute approximate surface area is 116 Å². The van der Waals surface area contributed by atoms with Crippen LogP contribution in [0.25, 0.3) is 0 Å². The second kappa shape index (κ2) is 4.46. The van der Waals surface area contributed by atoms with Crippen molar-refractivity contribution >= 4 is 5.78 Å². The average Bonchev–Trinajstić information content (AvgIpc) is 2.78. The Morgan fingerprint density at radius 3 is 2.74 bits per heavy atom. The van der Waals surface area contributed by atoms with Crippen LogP contribution in [0, 0.1) is 35.5 Å². The van der Waals surface area contributed by atoms with Crippen LogP contribution >= 0.6 is 0 Å². The summed E-state index contributed by atoms with van der Waals surface area (Å²) in [5.41, 5.74) is 1.53. The molecule has 1 unspecified atom stereocenters. The van der Waals surface area contributed by atoms with E-state index in [9.17, 15) is 4.79 Å². The van der Waals surface area contributed by atoms with Crippen LogP contribution < -0.4 is 0 Å². The fourth-order valence-electron chi connectivity index (χ4n) is 6.12. The van der Waals surface area contributed by atoms with Gasteiger partial charge in [0.1, 0.15) is 0 Å². The second-order valence-electron chi connectivity index (χ2n) is 7.77. The first-order valence-corrected chi connectivity index (χ1v) is 8.45. The normalized spacial score (nSPS) is 49.1. The minimum atomic E-state index is 0.396. The van der Waals surface area contributed by atoms with Gasteiger partial charge in [0.2, 0.25) is 0 Å². The predicted molar refractivity (Wildman–Crippen MR) is 76.6 cm³/mol. The van der Waals surface area contributed by atoms with Gasteiger partial charge in [0.05, 0.1) is 0 Å². The molecule has 4 rings (SSSR count). The van der Waals surface area contributed by atoms with E-state index in [0.29, 0.717) is 5.78 Å². The molecule has 6 atom stereocenters. The number of hydrogen-bond acceptors (Lipinski definition) is 1. The summed E-state index contributed by atoms with van der Waals surface area (Å²) in [6, 6.07) is 0. The molecule has 4 aliphatic carbocycles. The fraction of sp³-hybridized carbons (Fsp3) is 0.833. The third kappa shape index (κ3) is 1.92. The summed E-state index contributed by atoms with van der Waals surface area (Å²) in [5, 5.41) is 0. The molecule has 0 aromatic rings. The van der Waals surface area contributed by atoms with Crippen molar-refractivity contribution in [3.05, 3.63) is 11.6 Å². The summed E-state index contributed by atoms with van der Waals surface area (Å²) in [6.07, 6.45) is 12.6. The Morgan fingerprint density at radius 2 is 1.84 bits per heavy atom. The van der Waals surface area contributed by atoms with Crippen LogP contribution in [-0.2, 0) is 4.79 Å². The van der Waals surface area contributed by atoms with Gasteiger partial charge in [-0.15, -0.1) is 0 Å². The largest absolute Gasteiger partial charge is 0.295 e. The van der Waals surface area contributed by atoms with E-state index in [1.54, 1.807) is 0 Å². The summed E-state index contributed by atoms with van der Waals surface area (Å²) in [4.78, 5) is 11.6. The lowest BCUT2D eigenvalue weighted by atomic mass is 9.56. The molecule has 3 fully saturated rings. The van der Waals surface area contributed by atoms with Crippen molar-refractivity contribution in [2.24, 2.45) is 35.5 Å². The molecule has 0 N–H and O–H groups in total. The SMILES string of the molecule is CC1C[C@H]2CC[C@H]3[C@@H](CCC4=CC(=O)CC[C@@H]43)[C@@H]2C1. The van der Waals surface area contributed by atoms with Crippen LogP contribution in [0.3, 0.4) is 0 Å². The molecule has 104 valence electrons. The molecule has 1 nitrogen and oxygen atoms in total. The van der Waals surface area contributed by atoms with Crippen LogP contribution in [0.1, 0.15) is 58.3 Å². The number of rotatable bonds is 0. The van der Waals surface area contributed by atoms with E-state index in [0.717, 1.165) is 41.9 Å². The maximum atomic E-state index is 11.6. The fourth-order valence-corrected chi connectivity index (χ4v) is 6.12. The van der Waals surface area contributed by atoms with E-state index < -0.39 is 0 Å². The molecule has 0 heterocycles. The molecule has 4 aliphatic rings. The monoisotopic (exact) mass is 258 g/mol. The minimum Gasteiger partial charge on any atom is -0.295 e. The predicted octanol–water partition coefficient (Wildman–Crippen LogP) is 4.37. The smallest absolute Gasteiger partial charge is 0.155 e. The van der Waals surface area contributed by atoms with Gasteiger partial charge in [-0.25, -0.2) is 0 Å². The minimum absolute atomic E-state index is 0.396.